The van der Waals surface area contributed by atoms with Gasteiger partial charge in [0, 0.05) is 16.8 Å². The summed E-state index contributed by atoms with van der Waals surface area (Å²) >= 11 is 9.29. The van der Waals surface area contributed by atoms with Crippen molar-refractivity contribution in [2.45, 2.75) is 6.10 Å². The maximum atomic E-state index is 10.1. The largest absolute Gasteiger partial charge is 0.382 e. The molecular formula is C11H8BrClN2O. The van der Waals surface area contributed by atoms with Crippen LogP contribution in [0.1, 0.15) is 17.4 Å². The van der Waals surface area contributed by atoms with E-state index in [1.807, 2.05) is 12.1 Å². The minimum absolute atomic E-state index is 0.503. The van der Waals surface area contributed by atoms with E-state index in [9.17, 15) is 5.11 Å². The van der Waals surface area contributed by atoms with E-state index >= 15 is 0 Å². The average Bonchev–Trinajstić information content (AvgIpc) is 2.29. The minimum atomic E-state index is -0.855. The smallest absolute Gasteiger partial charge is 0.124 e. The van der Waals surface area contributed by atoms with Crippen LogP contribution < -0.4 is 0 Å². The van der Waals surface area contributed by atoms with Gasteiger partial charge in [-0.2, -0.15) is 0 Å². The lowest BCUT2D eigenvalue weighted by atomic mass is 10.1. The predicted molar refractivity (Wildman–Crippen MR) is 65.2 cm³/mol. The fourth-order valence-electron chi connectivity index (χ4n) is 1.37. The second-order valence-electron chi connectivity index (χ2n) is 3.18. The molecule has 0 amide bonds. The Hall–Kier alpha value is -0.970. The summed E-state index contributed by atoms with van der Waals surface area (Å²) in [6, 6.07) is 7.13. The summed E-state index contributed by atoms with van der Waals surface area (Å²) < 4.78 is 0.655. The molecule has 0 aliphatic carbocycles. The van der Waals surface area contributed by atoms with Gasteiger partial charge in [0.2, 0.25) is 0 Å². The molecule has 1 N–H and O–H groups in total. The van der Waals surface area contributed by atoms with Gasteiger partial charge in [0.1, 0.15) is 12.4 Å². The van der Waals surface area contributed by atoms with Crippen molar-refractivity contribution in [2.75, 3.05) is 0 Å². The number of halogens is 2. The van der Waals surface area contributed by atoms with Crippen LogP contribution in [0.3, 0.4) is 0 Å². The number of benzene rings is 1. The molecule has 1 atom stereocenters. The Labute approximate surface area is 106 Å². The Morgan fingerprint density at radius 3 is 2.75 bits per heavy atom. The molecule has 0 aliphatic heterocycles. The first-order chi connectivity index (χ1) is 7.70. The molecule has 2 rings (SSSR count). The second kappa shape index (κ2) is 4.91. The lowest BCUT2D eigenvalue weighted by Crippen LogP contribution is -2.04. The molecular weight excluding hydrogens is 291 g/mol. The number of aromatic nitrogens is 2. The minimum Gasteiger partial charge on any atom is -0.382 e. The summed E-state index contributed by atoms with van der Waals surface area (Å²) in [7, 11) is 0. The molecule has 0 saturated carbocycles. The fourth-order valence-corrected chi connectivity index (χ4v) is 2.04. The first kappa shape index (κ1) is 11.5. The maximum Gasteiger partial charge on any atom is 0.124 e. The van der Waals surface area contributed by atoms with Crippen molar-refractivity contribution in [1.29, 1.82) is 0 Å². The highest BCUT2D eigenvalue weighted by Crippen LogP contribution is 2.30. The summed E-state index contributed by atoms with van der Waals surface area (Å²) in [5.41, 5.74) is 1.13. The van der Waals surface area contributed by atoms with Crippen LogP contribution in [0.5, 0.6) is 0 Å². The van der Waals surface area contributed by atoms with Crippen LogP contribution >= 0.6 is 27.5 Å². The van der Waals surface area contributed by atoms with E-state index in [0.29, 0.717) is 20.8 Å². The third-order valence-electron chi connectivity index (χ3n) is 2.15. The second-order valence-corrected chi connectivity index (χ2v) is 4.44. The van der Waals surface area contributed by atoms with Gasteiger partial charge in [-0.1, -0.05) is 29.8 Å². The zero-order valence-electron chi connectivity index (χ0n) is 8.14. The Bertz CT molecular complexity index is 461. The molecule has 0 unspecified atom stereocenters. The molecule has 0 bridgehead atoms. The van der Waals surface area contributed by atoms with Gasteiger partial charge < -0.3 is 5.11 Å². The number of nitrogens with zero attached hydrogens (tertiary/aromatic N) is 2. The topological polar surface area (TPSA) is 46.0 Å². The van der Waals surface area contributed by atoms with E-state index in [0.717, 1.165) is 0 Å². The van der Waals surface area contributed by atoms with Crippen LogP contribution in [0.2, 0.25) is 5.02 Å². The van der Waals surface area contributed by atoms with Gasteiger partial charge in [-0.3, -0.25) is 0 Å². The zero-order chi connectivity index (χ0) is 11.5. The Morgan fingerprint density at radius 1 is 1.31 bits per heavy atom. The van der Waals surface area contributed by atoms with Crippen LogP contribution in [0, 0.1) is 0 Å². The molecule has 82 valence electrons. The van der Waals surface area contributed by atoms with Crippen molar-refractivity contribution in [3.63, 3.8) is 0 Å². The summed E-state index contributed by atoms with van der Waals surface area (Å²) in [4.78, 5) is 7.87. The van der Waals surface area contributed by atoms with Gasteiger partial charge in [-0.25, -0.2) is 9.97 Å². The fraction of sp³-hybridized carbons (Fsp3) is 0.0909. The SMILES string of the molecule is O[C@@H](c1ccccc1Cl)c1ncncc1Br. The van der Waals surface area contributed by atoms with Crippen molar-refractivity contribution >= 4 is 27.5 Å². The first-order valence-electron chi connectivity index (χ1n) is 4.58. The van der Waals surface area contributed by atoms with Gasteiger partial charge >= 0.3 is 0 Å². The summed E-state index contributed by atoms with van der Waals surface area (Å²) in [6.45, 7) is 0. The van der Waals surface area contributed by atoms with Crippen LogP contribution in [0.15, 0.2) is 41.3 Å². The molecule has 1 heterocycles. The highest BCUT2D eigenvalue weighted by molar-refractivity contribution is 9.10. The van der Waals surface area contributed by atoms with Gasteiger partial charge in [-0.05, 0) is 22.0 Å². The molecule has 0 spiro atoms. The normalized spacial score (nSPS) is 12.4. The molecule has 1 aromatic carbocycles. The van der Waals surface area contributed by atoms with Crippen molar-refractivity contribution in [1.82, 2.24) is 9.97 Å². The molecule has 0 radical (unpaired) electrons. The number of rotatable bonds is 2. The number of aliphatic hydroxyl groups is 1. The van der Waals surface area contributed by atoms with E-state index in [-0.39, 0.29) is 0 Å². The Kier molecular flexibility index (Phi) is 3.53. The molecule has 2 aromatic rings. The molecule has 0 aliphatic rings. The van der Waals surface area contributed by atoms with Crippen LogP contribution in [-0.4, -0.2) is 15.1 Å². The van der Waals surface area contributed by atoms with Crippen LogP contribution in [0.4, 0.5) is 0 Å². The number of hydrogen-bond donors (Lipinski definition) is 1. The molecule has 16 heavy (non-hydrogen) atoms. The maximum absolute atomic E-state index is 10.1. The predicted octanol–water partition coefficient (Wildman–Crippen LogP) is 2.97. The lowest BCUT2D eigenvalue weighted by molar-refractivity contribution is 0.214. The monoisotopic (exact) mass is 298 g/mol. The van der Waals surface area contributed by atoms with Gasteiger partial charge in [-0.15, -0.1) is 0 Å². The van der Waals surface area contributed by atoms with Crippen molar-refractivity contribution in [2.24, 2.45) is 0 Å². The molecule has 5 heteroatoms. The van der Waals surface area contributed by atoms with Gasteiger partial charge in [0.25, 0.3) is 0 Å². The third kappa shape index (κ3) is 2.24. The molecule has 3 nitrogen and oxygen atoms in total. The summed E-state index contributed by atoms with van der Waals surface area (Å²) in [5.74, 6) is 0. The van der Waals surface area contributed by atoms with E-state index in [1.54, 1.807) is 18.3 Å². The quantitative estimate of drug-likeness (QED) is 0.927. The standard InChI is InChI=1S/C11H8BrClN2O/c12-8-5-14-6-15-10(8)11(16)7-3-1-2-4-9(7)13/h1-6,11,16H/t11-/m0/s1. The molecule has 0 fully saturated rings. The number of aliphatic hydroxyl groups excluding tert-OH is 1. The Morgan fingerprint density at radius 2 is 2.06 bits per heavy atom. The zero-order valence-corrected chi connectivity index (χ0v) is 10.5. The Balaban J connectivity index is 2.44. The molecule has 0 saturated heterocycles. The van der Waals surface area contributed by atoms with Crippen molar-refractivity contribution in [3.05, 3.63) is 57.5 Å². The van der Waals surface area contributed by atoms with Crippen molar-refractivity contribution in [3.8, 4) is 0 Å². The highest BCUT2D eigenvalue weighted by Gasteiger charge is 2.17. The average molecular weight is 300 g/mol. The lowest BCUT2D eigenvalue weighted by Gasteiger charge is -2.12. The first-order valence-corrected chi connectivity index (χ1v) is 5.75. The summed E-state index contributed by atoms with van der Waals surface area (Å²) in [5, 5.41) is 10.7. The van der Waals surface area contributed by atoms with Gasteiger partial charge in [0.05, 0.1) is 10.2 Å². The van der Waals surface area contributed by atoms with Crippen LogP contribution in [0.25, 0.3) is 0 Å². The van der Waals surface area contributed by atoms with Crippen molar-refractivity contribution < 1.29 is 5.11 Å². The van der Waals surface area contributed by atoms with E-state index < -0.39 is 6.10 Å². The molecule has 1 aromatic heterocycles. The van der Waals surface area contributed by atoms with Gasteiger partial charge in [0.15, 0.2) is 0 Å². The third-order valence-corrected chi connectivity index (χ3v) is 3.11. The highest BCUT2D eigenvalue weighted by atomic mass is 79.9. The van der Waals surface area contributed by atoms with Crippen LogP contribution in [-0.2, 0) is 0 Å². The van der Waals surface area contributed by atoms with E-state index in [2.05, 4.69) is 25.9 Å². The number of hydrogen-bond acceptors (Lipinski definition) is 3. The van der Waals surface area contributed by atoms with E-state index in [4.69, 9.17) is 11.6 Å². The van der Waals surface area contributed by atoms with E-state index in [1.165, 1.54) is 6.33 Å². The summed E-state index contributed by atoms with van der Waals surface area (Å²) in [6.07, 6.45) is 2.12.